The third-order valence-corrected chi connectivity index (χ3v) is 6.56. The first-order valence-corrected chi connectivity index (χ1v) is 12.2. The topological polar surface area (TPSA) is 94.3 Å². The fraction of sp³-hybridized carbons (Fsp3) is 0.250. The van der Waals surface area contributed by atoms with Crippen LogP contribution in [-0.4, -0.2) is 34.7 Å². The van der Waals surface area contributed by atoms with Crippen LogP contribution in [0.4, 0.5) is 0 Å². The normalized spacial score (nSPS) is 11.2. The molecule has 8 nitrogen and oxygen atoms in total. The molecule has 0 aliphatic rings. The smallest absolute Gasteiger partial charge is 0.292 e. The van der Waals surface area contributed by atoms with Gasteiger partial charge in [0.15, 0.2) is 5.82 Å². The zero-order chi connectivity index (χ0) is 25.1. The van der Waals surface area contributed by atoms with E-state index in [1.807, 2.05) is 33.7 Å². The predicted molar refractivity (Wildman–Crippen MR) is 140 cm³/mol. The Balaban J connectivity index is 1.49. The number of aromatic nitrogens is 7. The van der Waals surface area contributed by atoms with Gasteiger partial charge in [-0.2, -0.15) is 0 Å². The van der Waals surface area contributed by atoms with E-state index >= 15 is 0 Å². The summed E-state index contributed by atoms with van der Waals surface area (Å²) in [5.74, 6) is 0.594. The molecule has 8 heteroatoms. The van der Waals surface area contributed by atoms with Gasteiger partial charge in [-0.25, -0.2) is 9.89 Å². The van der Waals surface area contributed by atoms with Crippen LogP contribution in [0.3, 0.4) is 0 Å². The first kappa shape index (κ1) is 23.4. The van der Waals surface area contributed by atoms with Gasteiger partial charge in [-0.15, -0.1) is 5.10 Å². The monoisotopic (exact) mass is 479 g/mol. The van der Waals surface area contributed by atoms with Gasteiger partial charge in [0, 0.05) is 35.4 Å². The molecule has 0 aliphatic heterocycles. The highest BCUT2D eigenvalue weighted by atomic mass is 16.1. The van der Waals surface area contributed by atoms with Crippen molar-refractivity contribution < 1.29 is 0 Å². The number of rotatable bonds is 8. The number of nitrogens with one attached hydrogen (secondary N) is 1. The van der Waals surface area contributed by atoms with E-state index in [-0.39, 0.29) is 5.69 Å². The first-order chi connectivity index (χ1) is 17.6. The highest BCUT2D eigenvalue weighted by molar-refractivity contribution is 5.79. The van der Waals surface area contributed by atoms with E-state index in [9.17, 15) is 4.79 Å². The van der Waals surface area contributed by atoms with E-state index in [2.05, 4.69) is 82.8 Å². The summed E-state index contributed by atoms with van der Waals surface area (Å²) in [7, 11) is 0. The van der Waals surface area contributed by atoms with E-state index in [1.165, 1.54) is 0 Å². The average molecular weight is 480 g/mol. The summed E-state index contributed by atoms with van der Waals surface area (Å²) in [6, 6.07) is 16.3. The molecule has 0 fully saturated rings. The number of aryl methyl sites for hydroxylation is 3. The Morgan fingerprint density at radius 1 is 0.972 bits per heavy atom. The Labute approximate surface area is 209 Å². The molecule has 0 saturated heterocycles. The molecule has 0 saturated carbocycles. The highest BCUT2D eigenvalue weighted by Gasteiger charge is 2.16. The highest BCUT2D eigenvalue weighted by Crippen LogP contribution is 2.29. The third-order valence-electron chi connectivity index (χ3n) is 6.56. The Morgan fingerprint density at radius 2 is 1.75 bits per heavy atom. The summed E-state index contributed by atoms with van der Waals surface area (Å²) < 4.78 is 3.73. The van der Waals surface area contributed by atoms with Crippen LogP contribution >= 0.6 is 0 Å². The number of unbranched alkanes of at least 4 members (excludes halogenated alkanes) is 1. The number of hydrogen-bond acceptors (Lipinski definition) is 5. The average Bonchev–Trinajstić information content (AvgIpc) is 3.53. The Kier molecular flexibility index (Phi) is 6.58. The van der Waals surface area contributed by atoms with Gasteiger partial charge in [0.25, 0.3) is 0 Å². The number of hydrogen-bond donors (Lipinski definition) is 1. The number of benzene rings is 2. The summed E-state index contributed by atoms with van der Waals surface area (Å²) in [5, 5.41) is 14.2. The lowest BCUT2D eigenvalue weighted by molar-refractivity contribution is 0.673. The molecular formula is C28H29N7O. The fourth-order valence-corrected chi connectivity index (χ4v) is 4.68. The van der Waals surface area contributed by atoms with Crippen molar-refractivity contribution in [2.24, 2.45) is 0 Å². The van der Waals surface area contributed by atoms with Crippen LogP contribution in [0, 0.1) is 13.8 Å². The maximum absolute atomic E-state index is 13.6. The van der Waals surface area contributed by atoms with Crippen molar-refractivity contribution in [3.63, 3.8) is 0 Å². The van der Waals surface area contributed by atoms with Crippen molar-refractivity contribution in [2.75, 3.05) is 0 Å². The van der Waals surface area contributed by atoms with Crippen molar-refractivity contribution in [1.29, 1.82) is 0 Å². The van der Waals surface area contributed by atoms with Gasteiger partial charge in [0.05, 0.1) is 12.2 Å². The third kappa shape index (κ3) is 4.49. The van der Waals surface area contributed by atoms with Crippen molar-refractivity contribution in [2.45, 2.75) is 46.6 Å². The minimum atomic E-state index is -0.00468. The number of para-hydroxylation sites is 1. The van der Waals surface area contributed by atoms with Gasteiger partial charge in [-0.3, -0.25) is 14.1 Å². The van der Waals surface area contributed by atoms with E-state index < -0.39 is 0 Å². The maximum Gasteiger partial charge on any atom is 0.333 e. The summed E-state index contributed by atoms with van der Waals surface area (Å²) in [4.78, 5) is 17.9. The van der Waals surface area contributed by atoms with Crippen molar-refractivity contribution in [1.82, 2.24) is 34.7 Å². The van der Waals surface area contributed by atoms with E-state index in [4.69, 9.17) is 0 Å². The molecule has 0 spiro atoms. The molecule has 0 atom stereocenters. The van der Waals surface area contributed by atoms with Crippen LogP contribution in [0.15, 0.2) is 71.9 Å². The number of H-pyrrole nitrogens is 1. The van der Waals surface area contributed by atoms with Crippen LogP contribution in [0.1, 0.15) is 42.1 Å². The molecule has 0 unspecified atom stereocenters. The van der Waals surface area contributed by atoms with E-state index in [0.29, 0.717) is 12.4 Å². The molecule has 3 aromatic heterocycles. The standard InChI is InChI=1S/C28H29N7O/c1-4-5-9-23-18-35(26-19(2)7-6-8-20(26)3)28(36)34(23)17-21-10-12-22(13-11-21)25-16-29-15-14-24(25)27-30-32-33-31-27/h6-8,10-16,18H,4-5,9,17H2,1-3H3,(H,30,31,32,33). The molecule has 1 N–H and O–H groups in total. The second-order valence-electron chi connectivity index (χ2n) is 9.07. The largest absolute Gasteiger partial charge is 0.333 e. The quantitative estimate of drug-likeness (QED) is 0.342. The lowest BCUT2D eigenvalue weighted by atomic mass is 10.0. The molecule has 5 rings (SSSR count). The molecule has 182 valence electrons. The van der Waals surface area contributed by atoms with Crippen LogP contribution < -0.4 is 5.69 Å². The van der Waals surface area contributed by atoms with Crippen molar-refractivity contribution in [3.05, 3.63) is 100.0 Å². The van der Waals surface area contributed by atoms with Gasteiger partial charge in [0.2, 0.25) is 0 Å². The summed E-state index contributed by atoms with van der Waals surface area (Å²) in [5.41, 5.74) is 8.09. The van der Waals surface area contributed by atoms with Gasteiger partial charge in [-0.1, -0.05) is 55.8 Å². The Bertz CT molecular complexity index is 1510. The van der Waals surface area contributed by atoms with Crippen LogP contribution in [0.5, 0.6) is 0 Å². The molecule has 36 heavy (non-hydrogen) atoms. The minimum Gasteiger partial charge on any atom is -0.292 e. The zero-order valence-electron chi connectivity index (χ0n) is 20.8. The molecule has 3 heterocycles. The number of imidazole rings is 1. The SMILES string of the molecule is CCCCc1cn(-c2c(C)cccc2C)c(=O)n1Cc1ccc(-c2cnccc2-c2nnn[nH]2)cc1. The molecule has 5 aromatic rings. The predicted octanol–water partition coefficient (Wildman–Crippen LogP) is 4.89. The Hall–Kier alpha value is -4.33. The summed E-state index contributed by atoms with van der Waals surface area (Å²) in [6.07, 6.45) is 8.54. The number of tetrazole rings is 1. The molecular weight excluding hydrogens is 450 g/mol. The lowest BCUT2D eigenvalue weighted by Crippen LogP contribution is -2.25. The fourth-order valence-electron chi connectivity index (χ4n) is 4.68. The summed E-state index contributed by atoms with van der Waals surface area (Å²) >= 11 is 0. The van der Waals surface area contributed by atoms with Crippen LogP contribution in [0.2, 0.25) is 0 Å². The van der Waals surface area contributed by atoms with Gasteiger partial charge in [-0.05, 0) is 65.4 Å². The molecule has 0 aliphatic carbocycles. The first-order valence-electron chi connectivity index (χ1n) is 12.2. The van der Waals surface area contributed by atoms with Gasteiger partial charge >= 0.3 is 5.69 Å². The zero-order valence-corrected chi connectivity index (χ0v) is 20.8. The number of pyridine rings is 1. The second kappa shape index (κ2) is 10.1. The maximum atomic E-state index is 13.6. The van der Waals surface area contributed by atoms with E-state index in [0.717, 1.165) is 64.0 Å². The number of aromatic amines is 1. The Morgan fingerprint density at radius 3 is 2.44 bits per heavy atom. The van der Waals surface area contributed by atoms with Crippen LogP contribution in [0.25, 0.3) is 28.2 Å². The molecule has 2 aromatic carbocycles. The lowest BCUT2D eigenvalue weighted by Gasteiger charge is -2.10. The second-order valence-corrected chi connectivity index (χ2v) is 9.07. The molecule has 0 amide bonds. The van der Waals surface area contributed by atoms with E-state index in [1.54, 1.807) is 6.20 Å². The van der Waals surface area contributed by atoms with Crippen molar-refractivity contribution >= 4 is 0 Å². The van der Waals surface area contributed by atoms with Gasteiger partial charge < -0.3 is 0 Å². The summed E-state index contributed by atoms with van der Waals surface area (Å²) in [6.45, 7) is 6.80. The molecule has 0 bridgehead atoms. The molecule has 0 radical (unpaired) electrons. The van der Waals surface area contributed by atoms with Crippen molar-refractivity contribution in [3.8, 4) is 28.2 Å². The minimum absolute atomic E-state index is 0.00468. The van der Waals surface area contributed by atoms with Crippen LogP contribution in [-0.2, 0) is 13.0 Å². The number of nitrogens with zero attached hydrogens (tertiary/aromatic N) is 6. The van der Waals surface area contributed by atoms with Gasteiger partial charge in [0.1, 0.15) is 0 Å².